The minimum absolute atomic E-state index is 0.386. The molecule has 1 atom stereocenters. The van der Waals surface area contributed by atoms with Gasteiger partial charge in [0.2, 0.25) is 0 Å². The van der Waals surface area contributed by atoms with Gasteiger partial charge in [0.15, 0.2) is 4.67 Å². The number of hydrogen-bond donors (Lipinski definition) is 1. The lowest BCUT2D eigenvalue weighted by Crippen LogP contribution is -2.26. The molecule has 0 amide bonds. The molecule has 1 unspecified atom stereocenters. The van der Waals surface area contributed by atoms with Crippen LogP contribution in [0.4, 0.5) is 0 Å². The van der Waals surface area contributed by atoms with Crippen molar-refractivity contribution in [1.82, 2.24) is 5.32 Å². The average Bonchev–Trinajstić information content (AvgIpc) is 2.68. The van der Waals surface area contributed by atoms with Crippen molar-refractivity contribution in [3.8, 4) is 0 Å². The third kappa shape index (κ3) is 2.64. The molecule has 0 spiro atoms. The summed E-state index contributed by atoms with van der Waals surface area (Å²) in [6, 6.07) is 4.43. The molecule has 1 N–H and O–H groups in total. The van der Waals surface area contributed by atoms with E-state index in [9.17, 15) is 0 Å². The van der Waals surface area contributed by atoms with Crippen LogP contribution in [-0.2, 0) is 0 Å². The summed E-state index contributed by atoms with van der Waals surface area (Å²) in [5.41, 5.74) is 0. The highest BCUT2D eigenvalue weighted by atomic mass is 79.9. The van der Waals surface area contributed by atoms with E-state index in [-0.39, 0.29) is 0 Å². The number of nitrogens with one attached hydrogen (secondary N) is 1. The van der Waals surface area contributed by atoms with Crippen LogP contribution in [0.2, 0.25) is 0 Å². The largest absolute Gasteiger partial charge is 0.453 e. The average molecular weight is 272 g/mol. The molecule has 1 saturated carbocycles. The molecule has 2 nitrogen and oxygen atoms in total. The molecule has 1 aliphatic carbocycles. The third-order valence-electron chi connectivity index (χ3n) is 3.33. The highest BCUT2D eigenvalue weighted by Crippen LogP contribution is 2.35. The third-order valence-corrected chi connectivity index (χ3v) is 3.76. The molecule has 1 aromatic heterocycles. The van der Waals surface area contributed by atoms with Crippen LogP contribution in [0, 0.1) is 5.92 Å². The van der Waals surface area contributed by atoms with Gasteiger partial charge in [-0.1, -0.05) is 19.3 Å². The van der Waals surface area contributed by atoms with E-state index in [0.29, 0.717) is 6.04 Å². The van der Waals surface area contributed by atoms with Crippen LogP contribution >= 0.6 is 15.9 Å². The molecule has 1 fully saturated rings. The first-order valence-corrected chi connectivity index (χ1v) is 6.53. The second kappa shape index (κ2) is 5.17. The molecule has 1 heterocycles. The van der Waals surface area contributed by atoms with Gasteiger partial charge in [0, 0.05) is 0 Å². The molecule has 0 aromatic carbocycles. The zero-order chi connectivity index (χ0) is 10.7. The Morgan fingerprint density at radius 1 is 1.33 bits per heavy atom. The molecule has 15 heavy (non-hydrogen) atoms. The molecule has 0 aliphatic heterocycles. The Bertz CT molecular complexity index is 304. The molecule has 2 rings (SSSR count). The standard InChI is InChI=1S/C12H18BrNO/c1-14-12(9-5-3-2-4-6-9)10-7-8-11(13)15-10/h7-9,12,14H,2-6H2,1H3. The van der Waals surface area contributed by atoms with Crippen LogP contribution in [0.1, 0.15) is 43.9 Å². The predicted molar refractivity (Wildman–Crippen MR) is 64.8 cm³/mol. The maximum Gasteiger partial charge on any atom is 0.169 e. The Kier molecular flexibility index (Phi) is 3.87. The summed E-state index contributed by atoms with van der Waals surface area (Å²) in [4.78, 5) is 0. The molecule has 84 valence electrons. The lowest BCUT2D eigenvalue weighted by Gasteiger charge is -2.28. The van der Waals surface area contributed by atoms with Crippen LogP contribution in [0.25, 0.3) is 0 Å². The first-order valence-electron chi connectivity index (χ1n) is 5.74. The van der Waals surface area contributed by atoms with Crippen molar-refractivity contribution < 1.29 is 4.42 Å². The molecule has 3 heteroatoms. The first-order chi connectivity index (χ1) is 7.31. The van der Waals surface area contributed by atoms with Crippen LogP contribution < -0.4 is 5.32 Å². The van der Waals surface area contributed by atoms with Crippen molar-refractivity contribution >= 4 is 15.9 Å². The van der Waals surface area contributed by atoms with Crippen molar-refractivity contribution in [2.75, 3.05) is 7.05 Å². The van der Waals surface area contributed by atoms with Gasteiger partial charge in [-0.05, 0) is 53.9 Å². The van der Waals surface area contributed by atoms with Crippen LogP contribution in [-0.4, -0.2) is 7.05 Å². The summed E-state index contributed by atoms with van der Waals surface area (Å²) < 4.78 is 6.47. The highest BCUT2D eigenvalue weighted by molar-refractivity contribution is 9.10. The van der Waals surface area contributed by atoms with Gasteiger partial charge in [-0.3, -0.25) is 0 Å². The van der Waals surface area contributed by atoms with Gasteiger partial charge in [-0.2, -0.15) is 0 Å². The van der Waals surface area contributed by atoms with Crippen LogP contribution in [0.5, 0.6) is 0 Å². The zero-order valence-electron chi connectivity index (χ0n) is 9.13. The Labute approximate surface area is 99.6 Å². The number of halogens is 1. The van der Waals surface area contributed by atoms with Gasteiger partial charge in [0.25, 0.3) is 0 Å². The van der Waals surface area contributed by atoms with E-state index in [4.69, 9.17) is 4.42 Å². The highest BCUT2D eigenvalue weighted by Gasteiger charge is 2.25. The van der Waals surface area contributed by atoms with Gasteiger partial charge >= 0.3 is 0 Å². The monoisotopic (exact) mass is 271 g/mol. The van der Waals surface area contributed by atoms with E-state index in [1.54, 1.807) is 0 Å². The van der Waals surface area contributed by atoms with E-state index < -0.39 is 0 Å². The van der Waals surface area contributed by atoms with Crippen molar-refractivity contribution in [3.05, 3.63) is 22.6 Å². The van der Waals surface area contributed by atoms with Crippen LogP contribution in [0.15, 0.2) is 21.2 Å². The van der Waals surface area contributed by atoms with Crippen molar-refractivity contribution in [2.45, 2.75) is 38.1 Å². The second-order valence-electron chi connectivity index (χ2n) is 4.31. The fourth-order valence-corrected chi connectivity index (χ4v) is 2.89. The smallest absolute Gasteiger partial charge is 0.169 e. The fourth-order valence-electron chi connectivity index (χ4n) is 2.57. The minimum Gasteiger partial charge on any atom is -0.453 e. The molecule has 0 radical (unpaired) electrons. The Balaban J connectivity index is 2.08. The fraction of sp³-hybridized carbons (Fsp3) is 0.667. The minimum atomic E-state index is 0.386. The van der Waals surface area contributed by atoms with Crippen molar-refractivity contribution in [3.63, 3.8) is 0 Å². The Morgan fingerprint density at radius 2 is 2.07 bits per heavy atom. The van der Waals surface area contributed by atoms with Gasteiger partial charge in [-0.25, -0.2) is 0 Å². The summed E-state index contributed by atoms with van der Waals surface area (Å²) in [6.07, 6.45) is 6.78. The maximum atomic E-state index is 5.64. The van der Waals surface area contributed by atoms with Gasteiger partial charge in [0.05, 0.1) is 6.04 Å². The molecule has 0 bridgehead atoms. The maximum absolute atomic E-state index is 5.64. The molecule has 1 aliphatic rings. The zero-order valence-corrected chi connectivity index (χ0v) is 10.7. The van der Waals surface area contributed by atoms with E-state index in [1.165, 1.54) is 32.1 Å². The van der Waals surface area contributed by atoms with Crippen molar-refractivity contribution in [1.29, 1.82) is 0 Å². The van der Waals surface area contributed by atoms with Crippen molar-refractivity contribution in [2.24, 2.45) is 5.92 Å². The summed E-state index contributed by atoms with van der Waals surface area (Å²) in [6.45, 7) is 0. The van der Waals surface area contributed by atoms with E-state index in [2.05, 4.69) is 27.3 Å². The van der Waals surface area contributed by atoms with Crippen LogP contribution in [0.3, 0.4) is 0 Å². The Hall–Kier alpha value is -0.280. The van der Waals surface area contributed by atoms with Gasteiger partial charge in [-0.15, -0.1) is 0 Å². The second-order valence-corrected chi connectivity index (χ2v) is 5.09. The molecular formula is C12H18BrNO. The predicted octanol–water partition coefficient (Wildman–Crippen LogP) is 3.88. The molecule has 0 saturated heterocycles. The topological polar surface area (TPSA) is 25.2 Å². The summed E-state index contributed by atoms with van der Waals surface area (Å²) in [7, 11) is 2.02. The number of rotatable bonds is 3. The first kappa shape index (κ1) is 11.2. The van der Waals surface area contributed by atoms with E-state index in [0.717, 1.165) is 16.3 Å². The summed E-state index contributed by atoms with van der Waals surface area (Å²) in [5.74, 6) is 1.80. The lowest BCUT2D eigenvalue weighted by atomic mass is 9.83. The quantitative estimate of drug-likeness (QED) is 0.903. The lowest BCUT2D eigenvalue weighted by molar-refractivity contribution is 0.251. The van der Waals surface area contributed by atoms with E-state index in [1.807, 2.05) is 13.1 Å². The van der Waals surface area contributed by atoms with Gasteiger partial charge in [0.1, 0.15) is 5.76 Å². The summed E-state index contributed by atoms with van der Waals surface area (Å²) in [5, 5.41) is 3.39. The van der Waals surface area contributed by atoms with E-state index >= 15 is 0 Å². The Morgan fingerprint density at radius 3 is 2.60 bits per heavy atom. The SMILES string of the molecule is CNC(c1ccc(Br)o1)C1CCCCC1. The van der Waals surface area contributed by atoms with Gasteiger partial charge < -0.3 is 9.73 Å². The molecular weight excluding hydrogens is 254 g/mol. The number of hydrogen-bond acceptors (Lipinski definition) is 2. The summed E-state index contributed by atoms with van der Waals surface area (Å²) >= 11 is 3.36. The number of furan rings is 1. The molecule has 1 aromatic rings. The normalized spacial score (nSPS) is 20.4.